The van der Waals surface area contributed by atoms with E-state index in [2.05, 4.69) is 24.4 Å². The largest absolute Gasteiger partial charge is 0.480 e. The van der Waals surface area contributed by atoms with Crippen molar-refractivity contribution < 1.29 is 14.7 Å². The Morgan fingerprint density at radius 1 is 1.20 bits per heavy atom. The van der Waals surface area contributed by atoms with Crippen LogP contribution in [0.5, 0.6) is 0 Å². The zero-order valence-electron chi connectivity index (χ0n) is 18.0. The van der Waals surface area contributed by atoms with Crippen LogP contribution in [0.4, 0.5) is 5.82 Å². The first-order valence-corrected chi connectivity index (χ1v) is 11.4. The van der Waals surface area contributed by atoms with Gasteiger partial charge in [0.25, 0.3) is 0 Å². The van der Waals surface area contributed by atoms with Gasteiger partial charge in [-0.2, -0.15) is 0 Å². The average molecular weight is 415 g/mol. The minimum absolute atomic E-state index is 0.0713. The highest BCUT2D eigenvalue weighted by Gasteiger charge is 2.40. The van der Waals surface area contributed by atoms with E-state index < -0.39 is 5.97 Å². The number of rotatable bonds is 5. The lowest BCUT2D eigenvalue weighted by molar-refractivity contribution is -0.146. The number of piperidine rings is 2. The Hall–Kier alpha value is -2.15. The number of carbonyl (C=O) groups is 2. The second kappa shape index (κ2) is 8.92. The molecule has 0 spiro atoms. The number of aliphatic carboxylic acids is 1. The topological polar surface area (TPSA) is 85.8 Å². The van der Waals surface area contributed by atoms with Gasteiger partial charge in [0, 0.05) is 30.7 Å². The van der Waals surface area contributed by atoms with Crippen molar-refractivity contribution in [2.45, 2.75) is 51.9 Å². The molecule has 2 fully saturated rings. The number of nitrogens with one attached hydrogen (secondary N) is 1. The second-order valence-corrected chi connectivity index (χ2v) is 9.51. The van der Waals surface area contributed by atoms with Crippen LogP contribution in [0.3, 0.4) is 0 Å². The zero-order chi connectivity index (χ0) is 21.1. The van der Waals surface area contributed by atoms with Crippen molar-refractivity contribution in [2.75, 3.05) is 44.6 Å². The van der Waals surface area contributed by atoms with Gasteiger partial charge in [-0.15, -0.1) is 0 Å². The van der Waals surface area contributed by atoms with Gasteiger partial charge in [-0.25, -0.2) is 4.98 Å². The third-order valence-corrected chi connectivity index (χ3v) is 7.19. The first-order chi connectivity index (χ1) is 14.4. The fourth-order valence-electron chi connectivity index (χ4n) is 5.11. The number of aromatic nitrogens is 1. The monoisotopic (exact) mass is 414 g/mol. The van der Waals surface area contributed by atoms with Crippen LogP contribution in [-0.2, 0) is 22.4 Å². The molecule has 0 unspecified atom stereocenters. The summed E-state index contributed by atoms with van der Waals surface area (Å²) < 4.78 is 0. The van der Waals surface area contributed by atoms with E-state index in [1.165, 1.54) is 12.0 Å². The molecule has 1 amide bonds. The summed E-state index contributed by atoms with van der Waals surface area (Å²) in [4.78, 5) is 32.9. The first-order valence-electron chi connectivity index (χ1n) is 11.4. The summed E-state index contributed by atoms with van der Waals surface area (Å²) in [6.45, 7) is 6.15. The van der Waals surface area contributed by atoms with Crippen LogP contribution >= 0.6 is 0 Å². The lowest BCUT2D eigenvalue weighted by atomic mass is 9.78. The maximum atomic E-state index is 13.2. The molecule has 0 aliphatic carbocycles. The normalized spacial score (nSPS) is 22.2. The van der Waals surface area contributed by atoms with E-state index in [-0.39, 0.29) is 17.9 Å². The molecule has 30 heavy (non-hydrogen) atoms. The van der Waals surface area contributed by atoms with E-state index >= 15 is 0 Å². The first kappa shape index (κ1) is 21.1. The summed E-state index contributed by atoms with van der Waals surface area (Å²) >= 11 is 0. The lowest BCUT2D eigenvalue weighted by Gasteiger charge is -2.42. The minimum atomic E-state index is -0.795. The van der Waals surface area contributed by atoms with Gasteiger partial charge in [0.2, 0.25) is 5.91 Å². The van der Waals surface area contributed by atoms with Crippen molar-refractivity contribution in [3.05, 3.63) is 23.4 Å². The minimum Gasteiger partial charge on any atom is -0.480 e. The molecule has 3 aliphatic rings. The summed E-state index contributed by atoms with van der Waals surface area (Å²) in [6.07, 6.45) is 6.81. The Bertz CT molecular complexity index is 781. The van der Waals surface area contributed by atoms with Crippen LogP contribution in [0.2, 0.25) is 0 Å². The number of fused-ring (bicyclic) bond motifs is 1. The van der Waals surface area contributed by atoms with Crippen LogP contribution in [0.25, 0.3) is 0 Å². The molecule has 0 aromatic carbocycles. The number of hydrogen-bond donors (Lipinski definition) is 2. The molecule has 0 bridgehead atoms. The molecule has 7 nitrogen and oxygen atoms in total. The lowest BCUT2D eigenvalue weighted by Crippen LogP contribution is -2.51. The van der Waals surface area contributed by atoms with E-state index in [9.17, 15) is 9.59 Å². The highest BCUT2D eigenvalue weighted by atomic mass is 16.4. The maximum absolute atomic E-state index is 13.2. The molecule has 4 heterocycles. The molecule has 1 aromatic heterocycles. The number of nitrogens with zero attached hydrogens (tertiary/aromatic N) is 3. The highest BCUT2D eigenvalue weighted by molar-refractivity contribution is 5.82. The molecule has 4 rings (SSSR count). The molecule has 0 saturated carbocycles. The SMILES string of the molecule is CC1(C(=O)N2CCC(Cc3ccc4c(n3)NCCC4)CC2)CCN(CC(=O)O)CC1. The van der Waals surface area contributed by atoms with E-state index in [1.54, 1.807) is 0 Å². The standard InChI is InChI=1S/C23H34N4O3/c1-23(8-13-26(14-9-23)16-20(28)29)22(30)27-11-6-17(7-12-27)15-19-5-4-18-3-2-10-24-21(18)25-19/h4-5,17H,2-3,6-16H2,1H3,(H,24,25)(H,28,29). The summed E-state index contributed by atoms with van der Waals surface area (Å²) in [5.41, 5.74) is 2.13. The molecule has 0 atom stereocenters. The maximum Gasteiger partial charge on any atom is 0.317 e. The molecule has 0 radical (unpaired) electrons. The zero-order valence-corrected chi connectivity index (χ0v) is 18.0. The van der Waals surface area contributed by atoms with Gasteiger partial charge in [-0.3, -0.25) is 14.5 Å². The fraction of sp³-hybridized carbons (Fsp3) is 0.696. The number of aryl methyl sites for hydroxylation is 1. The Morgan fingerprint density at radius 2 is 1.93 bits per heavy atom. The van der Waals surface area contributed by atoms with Crippen molar-refractivity contribution in [2.24, 2.45) is 11.3 Å². The number of anilines is 1. The summed E-state index contributed by atoms with van der Waals surface area (Å²) in [5, 5.41) is 12.4. The molecule has 164 valence electrons. The quantitative estimate of drug-likeness (QED) is 0.770. The Kier molecular flexibility index (Phi) is 6.27. The van der Waals surface area contributed by atoms with E-state index in [0.717, 1.165) is 69.7 Å². The fourth-order valence-corrected chi connectivity index (χ4v) is 5.11. The van der Waals surface area contributed by atoms with Gasteiger partial charge < -0.3 is 15.3 Å². The molecular formula is C23H34N4O3. The van der Waals surface area contributed by atoms with Gasteiger partial charge >= 0.3 is 5.97 Å². The average Bonchev–Trinajstić information content (AvgIpc) is 2.75. The van der Waals surface area contributed by atoms with Crippen molar-refractivity contribution >= 4 is 17.7 Å². The van der Waals surface area contributed by atoms with E-state index in [0.29, 0.717) is 19.0 Å². The number of hydrogen-bond acceptors (Lipinski definition) is 5. The summed E-state index contributed by atoms with van der Waals surface area (Å²) in [6, 6.07) is 4.40. The number of carbonyl (C=O) groups excluding carboxylic acids is 1. The molecular weight excluding hydrogens is 380 g/mol. The molecule has 1 aromatic rings. The third kappa shape index (κ3) is 4.77. The Morgan fingerprint density at radius 3 is 2.63 bits per heavy atom. The van der Waals surface area contributed by atoms with Gasteiger partial charge in [0.05, 0.1) is 6.54 Å². The molecule has 2 saturated heterocycles. The van der Waals surface area contributed by atoms with Crippen LogP contribution in [0, 0.1) is 11.3 Å². The predicted octanol–water partition coefficient (Wildman–Crippen LogP) is 2.41. The van der Waals surface area contributed by atoms with Gasteiger partial charge in [0.15, 0.2) is 0 Å². The van der Waals surface area contributed by atoms with Crippen molar-refractivity contribution in [3.63, 3.8) is 0 Å². The van der Waals surface area contributed by atoms with Crippen LogP contribution in [0.1, 0.15) is 50.3 Å². The Labute approximate surface area is 178 Å². The van der Waals surface area contributed by atoms with Crippen LogP contribution < -0.4 is 5.32 Å². The molecule has 3 aliphatic heterocycles. The Balaban J connectivity index is 1.27. The summed E-state index contributed by atoms with van der Waals surface area (Å²) in [5.74, 6) is 1.10. The van der Waals surface area contributed by atoms with Gasteiger partial charge in [0.1, 0.15) is 5.82 Å². The number of pyridine rings is 1. The van der Waals surface area contributed by atoms with Crippen molar-refractivity contribution in [1.82, 2.24) is 14.8 Å². The molecule has 7 heteroatoms. The van der Waals surface area contributed by atoms with Gasteiger partial charge in [-0.1, -0.05) is 13.0 Å². The number of carboxylic acid groups (broad SMARTS) is 1. The second-order valence-electron chi connectivity index (χ2n) is 9.51. The molecule has 2 N–H and O–H groups in total. The smallest absolute Gasteiger partial charge is 0.317 e. The highest BCUT2D eigenvalue weighted by Crippen LogP contribution is 2.35. The number of carboxylic acids is 1. The number of amides is 1. The van der Waals surface area contributed by atoms with Crippen molar-refractivity contribution in [3.8, 4) is 0 Å². The van der Waals surface area contributed by atoms with Crippen molar-refractivity contribution in [1.29, 1.82) is 0 Å². The van der Waals surface area contributed by atoms with Crippen LogP contribution in [-0.4, -0.2) is 71.0 Å². The predicted molar refractivity (Wildman–Crippen MR) is 115 cm³/mol. The number of likely N-dealkylation sites (tertiary alicyclic amines) is 2. The van der Waals surface area contributed by atoms with E-state index in [4.69, 9.17) is 10.1 Å². The van der Waals surface area contributed by atoms with Crippen LogP contribution in [0.15, 0.2) is 12.1 Å². The summed E-state index contributed by atoms with van der Waals surface area (Å²) in [7, 11) is 0. The van der Waals surface area contributed by atoms with E-state index in [1.807, 2.05) is 9.80 Å². The van der Waals surface area contributed by atoms with Gasteiger partial charge in [-0.05, 0) is 75.6 Å². The third-order valence-electron chi connectivity index (χ3n) is 7.19.